The van der Waals surface area contributed by atoms with E-state index in [9.17, 15) is 0 Å². The zero-order valence-corrected chi connectivity index (χ0v) is 19.3. The van der Waals surface area contributed by atoms with E-state index in [2.05, 4.69) is 58.3 Å². The maximum Gasteiger partial charge on any atom is 0.229 e. The molecule has 4 aromatic rings. The summed E-state index contributed by atoms with van der Waals surface area (Å²) in [5, 5.41) is 9.61. The van der Waals surface area contributed by atoms with E-state index < -0.39 is 0 Å². The predicted octanol–water partition coefficient (Wildman–Crippen LogP) is 4.70. The number of benzene rings is 2. The summed E-state index contributed by atoms with van der Waals surface area (Å²) in [6, 6.07) is 14.4. The first-order valence-corrected chi connectivity index (χ1v) is 11.2. The summed E-state index contributed by atoms with van der Waals surface area (Å²) in [4.78, 5) is 14.3. The minimum atomic E-state index is 0.721. The highest BCUT2D eigenvalue weighted by atomic mass is 35.5. The van der Waals surface area contributed by atoms with Gasteiger partial charge in [0.1, 0.15) is 5.82 Å². The molecule has 0 amide bonds. The van der Waals surface area contributed by atoms with Crippen molar-refractivity contribution in [2.24, 2.45) is 7.05 Å². The van der Waals surface area contributed by atoms with Gasteiger partial charge in [-0.2, -0.15) is 15.1 Å². The average molecular weight is 448 g/mol. The standard InChI is InChI=1S/C24H26ClN7/c1-16-7-8-21(17(2)13-16)27-22-20-15-26-30(3)23(20)29-24(28-22)32-11-9-31(10-12-32)19-6-4-5-18(25)14-19/h4-8,13-15H,9-12H2,1-3H3,(H,27,28,29). The minimum absolute atomic E-state index is 0.721. The number of piperazine rings is 1. The molecule has 164 valence electrons. The third-order valence-electron chi connectivity index (χ3n) is 5.95. The third-order valence-corrected chi connectivity index (χ3v) is 6.19. The summed E-state index contributed by atoms with van der Waals surface area (Å²) >= 11 is 6.18. The first-order valence-electron chi connectivity index (χ1n) is 10.8. The number of aromatic nitrogens is 4. The fourth-order valence-electron chi connectivity index (χ4n) is 4.17. The molecule has 2 aromatic heterocycles. The molecule has 0 saturated carbocycles. The Bertz CT molecular complexity index is 1270. The fraction of sp³-hybridized carbons (Fsp3) is 0.292. The van der Waals surface area contributed by atoms with E-state index in [1.807, 2.05) is 31.4 Å². The topological polar surface area (TPSA) is 62.1 Å². The van der Waals surface area contributed by atoms with Crippen molar-refractivity contribution in [2.45, 2.75) is 13.8 Å². The number of anilines is 4. The number of nitrogens with one attached hydrogen (secondary N) is 1. The Hall–Kier alpha value is -3.32. The van der Waals surface area contributed by atoms with Crippen molar-refractivity contribution >= 4 is 45.8 Å². The van der Waals surface area contributed by atoms with Crippen molar-refractivity contribution in [3.8, 4) is 0 Å². The summed E-state index contributed by atoms with van der Waals surface area (Å²) in [5.74, 6) is 1.50. The van der Waals surface area contributed by atoms with Gasteiger partial charge < -0.3 is 15.1 Å². The zero-order valence-electron chi connectivity index (χ0n) is 18.5. The van der Waals surface area contributed by atoms with Crippen LogP contribution in [0.4, 0.5) is 23.1 Å². The van der Waals surface area contributed by atoms with Crippen molar-refractivity contribution in [2.75, 3.05) is 41.3 Å². The van der Waals surface area contributed by atoms with Crippen LogP contribution in [-0.4, -0.2) is 45.9 Å². The third kappa shape index (κ3) is 3.96. The quantitative estimate of drug-likeness (QED) is 0.489. The molecule has 3 heterocycles. The second-order valence-electron chi connectivity index (χ2n) is 8.28. The zero-order chi connectivity index (χ0) is 22.2. The van der Waals surface area contributed by atoms with Crippen LogP contribution in [0.5, 0.6) is 0 Å². The average Bonchev–Trinajstić information content (AvgIpc) is 3.17. The Morgan fingerprint density at radius 1 is 0.938 bits per heavy atom. The van der Waals surface area contributed by atoms with Crippen LogP contribution in [0.3, 0.4) is 0 Å². The van der Waals surface area contributed by atoms with E-state index in [1.165, 1.54) is 11.1 Å². The Morgan fingerprint density at radius 2 is 1.72 bits per heavy atom. The van der Waals surface area contributed by atoms with Crippen LogP contribution in [0.25, 0.3) is 11.0 Å². The highest BCUT2D eigenvalue weighted by Crippen LogP contribution is 2.29. The van der Waals surface area contributed by atoms with Crippen molar-refractivity contribution in [1.29, 1.82) is 0 Å². The summed E-state index contributed by atoms with van der Waals surface area (Å²) in [5.41, 5.74) is 5.42. The lowest BCUT2D eigenvalue weighted by molar-refractivity contribution is 0.640. The number of rotatable bonds is 4. The highest BCUT2D eigenvalue weighted by molar-refractivity contribution is 6.30. The molecule has 0 atom stereocenters. The van der Waals surface area contributed by atoms with Crippen molar-refractivity contribution in [3.05, 3.63) is 64.8 Å². The summed E-state index contributed by atoms with van der Waals surface area (Å²) in [7, 11) is 1.91. The number of aryl methyl sites for hydroxylation is 3. The molecule has 1 aliphatic heterocycles. The first-order chi connectivity index (χ1) is 15.5. The molecule has 1 N–H and O–H groups in total. The van der Waals surface area contributed by atoms with E-state index in [-0.39, 0.29) is 0 Å². The number of fused-ring (bicyclic) bond motifs is 1. The number of hydrogen-bond acceptors (Lipinski definition) is 6. The molecule has 0 bridgehead atoms. The van der Waals surface area contributed by atoms with Gasteiger partial charge in [0, 0.05) is 49.6 Å². The van der Waals surface area contributed by atoms with Crippen molar-refractivity contribution in [3.63, 3.8) is 0 Å². The molecule has 1 aliphatic rings. The molecule has 2 aromatic carbocycles. The van der Waals surface area contributed by atoms with Gasteiger partial charge in [0.25, 0.3) is 0 Å². The lowest BCUT2D eigenvalue weighted by atomic mass is 10.1. The van der Waals surface area contributed by atoms with E-state index in [4.69, 9.17) is 21.6 Å². The lowest BCUT2D eigenvalue weighted by Crippen LogP contribution is -2.47. The molecule has 7 nitrogen and oxygen atoms in total. The van der Waals surface area contributed by atoms with Gasteiger partial charge in [0.2, 0.25) is 5.95 Å². The molecular weight excluding hydrogens is 422 g/mol. The van der Waals surface area contributed by atoms with Crippen LogP contribution in [-0.2, 0) is 7.05 Å². The van der Waals surface area contributed by atoms with Gasteiger partial charge in [-0.25, -0.2) is 0 Å². The van der Waals surface area contributed by atoms with Gasteiger partial charge in [-0.05, 0) is 43.7 Å². The summed E-state index contributed by atoms with van der Waals surface area (Å²) in [6.45, 7) is 7.63. The van der Waals surface area contributed by atoms with Gasteiger partial charge in [0.15, 0.2) is 5.65 Å². The largest absolute Gasteiger partial charge is 0.368 e. The Kier molecular flexibility index (Phi) is 5.35. The molecular formula is C24H26ClN7. The molecule has 0 radical (unpaired) electrons. The van der Waals surface area contributed by atoms with Gasteiger partial charge in [-0.1, -0.05) is 35.4 Å². The molecule has 8 heteroatoms. The van der Waals surface area contributed by atoms with E-state index in [0.29, 0.717) is 0 Å². The maximum absolute atomic E-state index is 6.18. The first kappa shape index (κ1) is 20.6. The second kappa shape index (κ2) is 8.31. The molecule has 0 aliphatic carbocycles. The Morgan fingerprint density at radius 3 is 2.47 bits per heavy atom. The van der Waals surface area contributed by atoms with E-state index in [1.54, 1.807) is 4.68 Å². The van der Waals surface area contributed by atoms with Gasteiger partial charge in [-0.3, -0.25) is 4.68 Å². The highest BCUT2D eigenvalue weighted by Gasteiger charge is 2.22. The second-order valence-corrected chi connectivity index (χ2v) is 8.71. The van der Waals surface area contributed by atoms with Crippen LogP contribution in [0, 0.1) is 13.8 Å². The molecule has 5 rings (SSSR count). The summed E-state index contributed by atoms with van der Waals surface area (Å²) < 4.78 is 1.80. The maximum atomic E-state index is 6.18. The van der Waals surface area contributed by atoms with Gasteiger partial charge in [-0.15, -0.1) is 0 Å². The van der Waals surface area contributed by atoms with Crippen LogP contribution in [0.2, 0.25) is 5.02 Å². The van der Waals surface area contributed by atoms with Crippen molar-refractivity contribution in [1.82, 2.24) is 19.7 Å². The van der Waals surface area contributed by atoms with E-state index >= 15 is 0 Å². The predicted molar refractivity (Wildman–Crippen MR) is 131 cm³/mol. The van der Waals surface area contributed by atoms with Gasteiger partial charge in [0.05, 0.1) is 11.6 Å². The number of hydrogen-bond donors (Lipinski definition) is 1. The molecule has 32 heavy (non-hydrogen) atoms. The molecule has 1 saturated heterocycles. The van der Waals surface area contributed by atoms with Crippen molar-refractivity contribution < 1.29 is 0 Å². The Labute approximate surface area is 192 Å². The van der Waals surface area contributed by atoms with Crippen LogP contribution >= 0.6 is 11.6 Å². The SMILES string of the molecule is Cc1ccc(Nc2nc(N3CCN(c4cccc(Cl)c4)CC3)nc3c2cnn3C)c(C)c1. The molecule has 0 spiro atoms. The van der Waals surface area contributed by atoms with Crippen LogP contribution < -0.4 is 15.1 Å². The van der Waals surface area contributed by atoms with Gasteiger partial charge >= 0.3 is 0 Å². The monoisotopic (exact) mass is 447 g/mol. The van der Waals surface area contributed by atoms with Crippen LogP contribution in [0.1, 0.15) is 11.1 Å². The smallest absolute Gasteiger partial charge is 0.229 e. The molecule has 0 unspecified atom stereocenters. The normalized spacial score (nSPS) is 14.2. The summed E-state index contributed by atoms with van der Waals surface area (Å²) in [6.07, 6.45) is 1.82. The minimum Gasteiger partial charge on any atom is -0.368 e. The van der Waals surface area contributed by atoms with E-state index in [0.717, 1.165) is 65.4 Å². The molecule has 1 fully saturated rings. The lowest BCUT2D eigenvalue weighted by Gasteiger charge is -2.36. The van der Waals surface area contributed by atoms with Crippen LogP contribution in [0.15, 0.2) is 48.7 Å². The fourth-order valence-corrected chi connectivity index (χ4v) is 4.35. The Balaban J connectivity index is 1.43. The number of nitrogens with zero attached hydrogens (tertiary/aromatic N) is 6. The number of halogens is 1.